The highest BCUT2D eigenvalue weighted by atomic mass is 16.5. The summed E-state index contributed by atoms with van der Waals surface area (Å²) in [6, 6.07) is 0. The highest BCUT2D eigenvalue weighted by Crippen LogP contribution is 2.48. The van der Waals surface area contributed by atoms with E-state index in [1.165, 1.54) is 28.3 Å². The number of esters is 1. The van der Waals surface area contributed by atoms with Crippen LogP contribution < -0.4 is 9.47 Å². The second-order valence-electron chi connectivity index (χ2n) is 3.26. The van der Waals surface area contributed by atoms with Gasteiger partial charge >= 0.3 is 5.97 Å². The van der Waals surface area contributed by atoms with Gasteiger partial charge in [0.15, 0.2) is 11.5 Å². The van der Waals surface area contributed by atoms with Crippen molar-refractivity contribution in [2.75, 3.05) is 21.3 Å². The molecule has 0 unspecified atom stereocenters. The molecular formula is C11H14O6. The maximum atomic E-state index is 11.5. The molecule has 0 spiro atoms. The topological polar surface area (TPSA) is 85.2 Å². The third-order valence-electron chi connectivity index (χ3n) is 2.40. The minimum Gasteiger partial charge on any atom is -0.504 e. The van der Waals surface area contributed by atoms with Crippen LogP contribution in [0.2, 0.25) is 0 Å². The molecular weight excluding hydrogens is 228 g/mol. The Bertz CT molecular complexity index is 452. The normalized spacial score (nSPS) is 9.88. The predicted octanol–water partition coefficient (Wildman–Crippen LogP) is 1.21. The molecule has 1 aromatic rings. The molecule has 1 aromatic carbocycles. The summed E-state index contributed by atoms with van der Waals surface area (Å²) >= 11 is 0. The van der Waals surface area contributed by atoms with Crippen molar-refractivity contribution < 1.29 is 29.2 Å². The molecule has 6 heteroatoms. The summed E-state index contributed by atoms with van der Waals surface area (Å²) in [4.78, 5) is 11.5. The Morgan fingerprint density at radius 2 is 1.47 bits per heavy atom. The lowest BCUT2D eigenvalue weighted by molar-refractivity contribution is 0.0595. The molecule has 0 saturated carbocycles. The fourth-order valence-corrected chi connectivity index (χ4v) is 1.53. The molecule has 17 heavy (non-hydrogen) atoms. The molecule has 0 aliphatic rings. The number of phenolic OH excluding ortho intramolecular Hbond substituents is 2. The van der Waals surface area contributed by atoms with E-state index in [1.807, 2.05) is 0 Å². The number of methoxy groups -OCH3 is 3. The summed E-state index contributed by atoms with van der Waals surface area (Å²) in [5, 5.41) is 19.7. The average molecular weight is 242 g/mol. The number of rotatable bonds is 3. The van der Waals surface area contributed by atoms with Crippen molar-refractivity contribution in [2.45, 2.75) is 6.92 Å². The van der Waals surface area contributed by atoms with Gasteiger partial charge in [-0.3, -0.25) is 0 Å². The van der Waals surface area contributed by atoms with Gasteiger partial charge in [0.1, 0.15) is 5.56 Å². The van der Waals surface area contributed by atoms with Crippen molar-refractivity contribution in [1.82, 2.24) is 0 Å². The molecule has 0 bridgehead atoms. The third-order valence-corrected chi connectivity index (χ3v) is 2.40. The van der Waals surface area contributed by atoms with Gasteiger partial charge in [-0.2, -0.15) is 0 Å². The van der Waals surface area contributed by atoms with Crippen LogP contribution in [-0.4, -0.2) is 37.5 Å². The number of carbonyl (C=O) groups is 1. The lowest BCUT2D eigenvalue weighted by Crippen LogP contribution is -2.06. The summed E-state index contributed by atoms with van der Waals surface area (Å²) < 4.78 is 14.3. The molecule has 0 aliphatic carbocycles. The van der Waals surface area contributed by atoms with E-state index in [0.29, 0.717) is 0 Å². The minimum atomic E-state index is -0.767. The number of phenols is 2. The summed E-state index contributed by atoms with van der Waals surface area (Å²) in [5.41, 5.74) is 0.00894. The van der Waals surface area contributed by atoms with Gasteiger partial charge in [0.05, 0.1) is 21.3 Å². The Kier molecular flexibility index (Phi) is 3.67. The zero-order valence-corrected chi connectivity index (χ0v) is 10.0. The van der Waals surface area contributed by atoms with Crippen LogP contribution in [0.3, 0.4) is 0 Å². The molecule has 94 valence electrons. The molecule has 1 rings (SSSR count). The first-order valence-corrected chi connectivity index (χ1v) is 4.74. The summed E-state index contributed by atoms with van der Waals surface area (Å²) in [7, 11) is 3.77. The standard InChI is InChI=1S/C11H14O6/c1-5-6(11(14)17-4)8(13)10(16-3)9(15-2)7(5)12/h12-13H,1-4H3. The molecule has 0 fully saturated rings. The lowest BCUT2D eigenvalue weighted by atomic mass is 10.0. The Labute approximate surface area is 98.3 Å². The number of aromatic hydroxyl groups is 2. The van der Waals surface area contributed by atoms with Crippen LogP contribution in [0.4, 0.5) is 0 Å². The fourth-order valence-electron chi connectivity index (χ4n) is 1.53. The van der Waals surface area contributed by atoms with E-state index in [-0.39, 0.29) is 28.4 Å². The highest BCUT2D eigenvalue weighted by molar-refractivity contribution is 5.97. The van der Waals surface area contributed by atoms with E-state index >= 15 is 0 Å². The smallest absolute Gasteiger partial charge is 0.342 e. The second kappa shape index (κ2) is 4.82. The first-order valence-electron chi connectivity index (χ1n) is 4.74. The van der Waals surface area contributed by atoms with Crippen LogP contribution in [0.1, 0.15) is 15.9 Å². The van der Waals surface area contributed by atoms with Crippen molar-refractivity contribution in [3.63, 3.8) is 0 Å². The zero-order chi connectivity index (χ0) is 13.2. The largest absolute Gasteiger partial charge is 0.504 e. The molecule has 0 amide bonds. The number of hydrogen-bond acceptors (Lipinski definition) is 6. The zero-order valence-electron chi connectivity index (χ0n) is 10.0. The SMILES string of the molecule is COC(=O)c1c(C)c(O)c(OC)c(OC)c1O. The van der Waals surface area contributed by atoms with E-state index < -0.39 is 11.7 Å². The molecule has 0 radical (unpaired) electrons. The Morgan fingerprint density at radius 3 is 1.88 bits per heavy atom. The maximum Gasteiger partial charge on any atom is 0.342 e. The summed E-state index contributed by atoms with van der Waals surface area (Å²) in [5.74, 6) is -1.61. The van der Waals surface area contributed by atoms with Gasteiger partial charge in [0.2, 0.25) is 11.5 Å². The Hall–Kier alpha value is -2.11. The van der Waals surface area contributed by atoms with Gasteiger partial charge in [-0.05, 0) is 6.92 Å². The van der Waals surface area contributed by atoms with Crippen molar-refractivity contribution >= 4 is 5.97 Å². The number of carbonyl (C=O) groups excluding carboxylic acids is 1. The fraction of sp³-hybridized carbons (Fsp3) is 0.364. The van der Waals surface area contributed by atoms with Gasteiger partial charge in [0, 0.05) is 5.56 Å². The van der Waals surface area contributed by atoms with E-state index in [9.17, 15) is 15.0 Å². The van der Waals surface area contributed by atoms with Crippen LogP contribution in [0.25, 0.3) is 0 Å². The third kappa shape index (κ3) is 1.93. The Morgan fingerprint density at radius 1 is 1.00 bits per heavy atom. The van der Waals surface area contributed by atoms with Gasteiger partial charge in [-0.25, -0.2) is 4.79 Å². The van der Waals surface area contributed by atoms with Crippen LogP contribution in [-0.2, 0) is 4.74 Å². The molecule has 2 N–H and O–H groups in total. The minimum absolute atomic E-state index is 0.0323. The molecule has 0 heterocycles. The number of ether oxygens (including phenoxy) is 3. The van der Waals surface area contributed by atoms with E-state index in [1.54, 1.807) is 0 Å². The molecule has 6 nitrogen and oxygen atoms in total. The Balaban J connectivity index is 3.64. The van der Waals surface area contributed by atoms with E-state index in [4.69, 9.17) is 9.47 Å². The summed E-state index contributed by atoms with van der Waals surface area (Å²) in [6.45, 7) is 1.46. The molecule has 0 aromatic heterocycles. The number of benzene rings is 1. The van der Waals surface area contributed by atoms with E-state index in [0.717, 1.165) is 0 Å². The molecule has 0 aliphatic heterocycles. The average Bonchev–Trinajstić information content (AvgIpc) is 2.33. The van der Waals surface area contributed by atoms with Crippen molar-refractivity contribution in [3.8, 4) is 23.0 Å². The van der Waals surface area contributed by atoms with Gasteiger partial charge < -0.3 is 24.4 Å². The van der Waals surface area contributed by atoms with Crippen LogP contribution in [0.15, 0.2) is 0 Å². The second-order valence-corrected chi connectivity index (χ2v) is 3.26. The van der Waals surface area contributed by atoms with E-state index in [2.05, 4.69) is 4.74 Å². The van der Waals surface area contributed by atoms with Gasteiger partial charge in [-0.15, -0.1) is 0 Å². The van der Waals surface area contributed by atoms with Crippen LogP contribution >= 0.6 is 0 Å². The van der Waals surface area contributed by atoms with Gasteiger partial charge in [-0.1, -0.05) is 0 Å². The molecule has 0 saturated heterocycles. The molecule has 0 atom stereocenters. The number of hydrogen-bond donors (Lipinski definition) is 2. The quantitative estimate of drug-likeness (QED) is 0.612. The van der Waals surface area contributed by atoms with Crippen molar-refractivity contribution in [1.29, 1.82) is 0 Å². The highest BCUT2D eigenvalue weighted by Gasteiger charge is 2.27. The maximum absolute atomic E-state index is 11.5. The first kappa shape index (κ1) is 13.0. The first-order chi connectivity index (χ1) is 7.99. The van der Waals surface area contributed by atoms with Crippen LogP contribution in [0, 0.1) is 6.92 Å². The summed E-state index contributed by atoms with van der Waals surface area (Å²) in [6.07, 6.45) is 0. The monoisotopic (exact) mass is 242 g/mol. The lowest BCUT2D eigenvalue weighted by Gasteiger charge is -2.16. The van der Waals surface area contributed by atoms with Crippen LogP contribution in [0.5, 0.6) is 23.0 Å². The van der Waals surface area contributed by atoms with Crippen molar-refractivity contribution in [3.05, 3.63) is 11.1 Å². The van der Waals surface area contributed by atoms with Gasteiger partial charge in [0.25, 0.3) is 0 Å². The predicted molar refractivity (Wildman–Crippen MR) is 59.0 cm³/mol. The van der Waals surface area contributed by atoms with Crippen molar-refractivity contribution in [2.24, 2.45) is 0 Å².